The Labute approximate surface area is 169 Å². The summed E-state index contributed by atoms with van der Waals surface area (Å²) < 4.78 is 16.9. The summed E-state index contributed by atoms with van der Waals surface area (Å²) in [7, 11) is 0. The van der Waals surface area contributed by atoms with Crippen molar-refractivity contribution in [2.75, 3.05) is 11.9 Å². The molecule has 2 heterocycles. The zero-order valence-corrected chi connectivity index (χ0v) is 16.7. The van der Waals surface area contributed by atoms with E-state index in [4.69, 9.17) is 14.0 Å². The second-order valence-electron chi connectivity index (χ2n) is 7.69. The van der Waals surface area contributed by atoms with Gasteiger partial charge in [0.05, 0.1) is 6.42 Å². The van der Waals surface area contributed by atoms with Crippen LogP contribution in [0.4, 0.5) is 5.69 Å². The molecule has 0 saturated carbocycles. The van der Waals surface area contributed by atoms with Crippen molar-refractivity contribution in [3.63, 3.8) is 0 Å². The highest BCUT2D eigenvalue weighted by Crippen LogP contribution is 2.41. The third-order valence-corrected chi connectivity index (χ3v) is 4.62. The monoisotopic (exact) mass is 393 g/mol. The largest absolute Gasteiger partial charge is 0.483 e. The lowest BCUT2D eigenvalue weighted by Crippen LogP contribution is -2.25. The van der Waals surface area contributed by atoms with Crippen LogP contribution < -0.4 is 14.8 Å². The highest BCUT2D eigenvalue weighted by Gasteiger charge is 2.32. The maximum absolute atomic E-state index is 12.5. The normalized spacial score (nSPS) is 14.2. The molecule has 0 spiro atoms. The summed E-state index contributed by atoms with van der Waals surface area (Å²) in [6.45, 7) is 5.72. The molecule has 7 heteroatoms. The molecule has 1 aliphatic heterocycles. The lowest BCUT2D eigenvalue weighted by atomic mass is 10.0. The van der Waals surface area contributed by atoms with Gasteiger partial charge in [0, 0.05) is 17.7 Å². The molecule has 0 bridgehead atoms. The van der Waals surface area contributed by atoms with E-state index in [9.17, 15) is 4.79 Å². The molecule has 7 nitrogen and oxygen atoms in total. The van der Waals surface area contributed by atoms with Crippen molar-refractivity contribution in [1.82, 2.24) is 10.1 Å². The van der Waals surface area contributed by atoms with Crippen LogP contribution in [0.2, 0.25) is 0 Å². The average molecular weight is 393 g/mol. The van der Waals surface area contributed by atoms with Crippen LogP contribution in [-0.2, 0) is 17.6 Å². The summed E-state index contributed by atoms with van der Waals surface area (Å²) in [5.41, 5.74) is 2.40. The summed E-state index contributed by atoms with van der Waals surface area (Å²) >= 11 is 0. The first-order chi connectivity index (χ1) is 13.9. The molecular formula is C22H23N3O4. The standard InChI is InChI=1S/C22H23N3O4/c1-14-23-20(29-25-14)11-15-7-4-5-9-17(15)24-19(26)13-27-18-10-6-8-16-12-22(2,3)28-21(16)18/h4-10H,11-13H2,1-3H3,(H,24,26). The van der Waals surface area contributed by atoms with E-state index in [1.807, 2.05) is 56.3 Å². The van der Waals surface area contributed by atoms with Crippen LogP contribution in [0, 0.1) is 6.92 Å². The second kappa shape index (κ2) is 7.58. The number of aryl methyl sites for hydroxylation is 1. The fourth-order valence-corrected chi connectivity index (χ4v) is 3.40. The van der Waals surface area contributed by atoms with Gasteiger partial charge in [0.1, 0.15) is 5.60 Å². The van der Waals surface area contributed by atoms with E-state index in [0.29, 0.717) is 29.6 Å². The first-order valence-electron chi connectivity index (χ1n) is 9.50. The number of aromatic nitrogens is 2. The van der Waals surface area contributed by atoms with E-state index in [2.05, 4.69) is 15.5 Å². The number of hydrogen-bond donors (Lipinski definition) is 1. The Morgan fingerprint density at radius 1 is 1.21 bits per heavy atom. The van der Waals surface area contributed by atoms with E-state index in [1.54, 1.807) is 6.92 Å². The molecule has 0 radical (unpaired) electrons. The molecule has 1 aromatic heterocycles. The van der Waals surface area contributed by atoms with Gasteiger partial charge in [-0.1, -0.05) is 35.5 Å². The van der Waals surface area contributed by atoms with Crippen molar-refractivity contribution in [3.8, 4) is 11.5 Å². The summed E-state index contributed by atoms with van der Waals surface area (Å²) in [4.78, 5) is 16.7. The molecule has 1 N–H and O–H groups in total. The third-order valence-electron chi connectivity index (χ3n) is 4.62. The first kappa shape index (κ1) is 19.0. The lowest BCUT2D eigenvalue weighted by molar-refractivity contribution is -0.118. The number of nitrogens with one attached hydrogen (secondary N) is 1. The molecule has 0 fully saturated rings. The second-order valence-corrected chi connectivity index (χ2v) is 7.69. The van der Waals surface area contributed by atoms with Gasteiger partial charge in [0.15, 0.2) is 23.9 Å². The highest BCUT2D eigenvalue weighted by atomic mass is 16.5. The fraction of sp³-hybridized carbons (Fsp3) is 0.318. The Bertz CT molecular complexity index is 1040. The molecule has 1 aliphatic rings. The molecular weight excluding hydrogens is 370 g/mol. The van der Waals surface area contributed by atoms with Crippen LogP contribution in [0.25, 0.3) is 0 Å². The van der Waals surface area contributed by atoms with Crippen LogP contribution in [0.1, 0.15) is 36.7 Å². The van der Waals surface area contributed by atoms with Gasteiger partial charge in [0.2, 0.25) is 5.89 Å². The van der Waals surface area contributed by atoms with Crippen molar-refractivity contribution in [3.05, 3.63) is 65.3 Å². The molecule has 1 amide bonds. The lowest BCUT2D eigenvalue weighted by Gasteiger charge is -2.18. The van der Waals surface area contributed by atoms with Gasteiger partial charge < -0.3 is 19.3 Å². The zero-order chi connectivity index (χ0) is 20.4. The number of fused-ring (bicyclic) bond motifs is 1. The summed E-state index contributed by atoms with van der Waals surface area (Å²) in [5, 5.41) is 6.70. The van der Waals surface area contributed by atoms with Gasteiger partial charge in [-0.2, -0.15) is 4.98 Å². The molecule has 0 unspecified atom stereocenters. The van der Waals surface area contributed by atoms with Gasteiger partial charge >= 0.3 is 0 Å². The molecule has 4 rings (SSSR count). The van der Waals surface area contributed by atoms with E-state index < -0.39 is 0 Å². The Hall–Kier alpha value is -3.35. The van der Waals surface area contributed by atoms with Gasteiger partial charge in [-0.15, -0.1) is 0 Å². The van der Waals surface area contributed by atoms with Gasteiger partial charge in [-0.25, -0.2) is 0 Å². The minimum Gasteiger partial charge on any atom is -0.483 e. The molecule has 150 valence electrons. The Kier molecular flexibility index (Phi) is 4.96. The molecule has 0 saturated heterocycles. The summed E-state index contributed by atoms with van der Waals surface area (Å²) in [6, 6.07) is 13.3. The number of rotatable bonds is 6. The fourth-order valence-electron chi connectivity index (χ4n) is 3.40. The molecule has 0 atom stereocenters. The Morgan fingerprint density at radius 2 is 2.03 bits per heavy atom. The van der Waals surface area contributed by atoms with Gasteiger partial charge in [-0.3, -0.25) is 4.79 Å². The number of para-hydroxylation sites is 2. The molecule has 29 heavy (non-hydrogen) atoms. The Morgan fingerprint density at radius 3 is 2.83 bits per heavy atom. The SMILES string of the molecule is Cc1noc(Cc2ccccc2NC(=O)COc2cccc3c2OC(C)(C)C3)n1. The number of ether oxygens (including phenoxy) is 2. The van der Waals surface area contributed by atoms with E-state index in [1.165, 1.54) is 0 Å². The Balaban J connectivity index is 1.41. The van der Waals surface area contributed by atoms with Crippen molar-refractivity contribution in [2.45, 2.75) is 39.2 Å². The van der Waals surface area contributed by atoms with Crippen LogP contribution in [0.3, 0.4) is 0 Å². The minimum absolute atomic E-state index is 0.117. The maximum atomic E-state index is 12.5. The van der Waals surface area contributed by atoms with Gasteiger partial charge in [-0.05, 0) is 38.5 Å². The smallest absolute Gasteiger partial charge is 0.262 e. The van der Waals surface area contributed by atoms with Crippen molar-refractivity contribution >= 4 is 11.6 Å². The van der Waals surface area contributed by atoms with E-state index >= 15 is 0 Å². The number of amides is 1. The molecule has 2 aromatic carbocycles. The topological polar surface area (TPSA) is 86.5 Å². The van der Waals surface area contributed by atoms with Crippen LogP contribution >= 0.6 is 0 Å². The molecule has 3 aromatic rings. The minimum atomic E-state index is -0.268. The zero-order valence-electron chi connectivity index (χ0n) is 16.7. The average Bonchev–Trinajstić information content (AvgIpc) is 3.22. The first-order valence-corrected chi connectivity index (χ1v) is 9.50. The van der Waals surface area contributed by atoms with Crippen LogP contribution in [-0.4, -0.2) is 28.3 Å². The summed E-state index contributed by atoms with van der Waals surface area (Å²) in [6.07, 6.45) is 1.25. The summed E-state index contributed by atoms with van der Waals surface area (Å²) in [5.74, 6) is 2.13. The number of nitrogens with zero attached hydrogens (tertiary/aromatic N) is 2. The maximum Gasteiger partial charge on any atom is 0.262 e. The number of carbonyl (C=O) groups excluding carboxylic acids is 1. The number of anilines is 1. The highest BCUT2D eigenvalue weighted by molar-refractivity contribution is 5.92. The predicted molar refractivity (Wildman–Crippen MR) is 107 cm³/mol. The van der Waals surface area contributed by atoms with Gasteiger partial charge in [0.25, 0.3) is 5.91 Å². The van der Waals surface area contributed by atoms with Crippen LogP contribution in [0.5, 0.6) is 11.5 Å². The van der Waals surface area contributed by atoms with Crippen molar-refractivity contribution in [2.24, 2.45) is 0 Å². The van der Waals surface area contributed by atoms with Crippen molar-refractivity contribution < 1.29 is 18.8 Å². The number of benzene rings is 2. The number of carbonyl (C=O) groups is 1. The molecule has 0 aliphatic carbocycles. The van der Waals surface area contributed by atoms with E-state index in [0.717, 1.165) is 23.3 Å². The number of hydrogen-bond acceptors (Lipinski definition) is 6. The van der Waals surface area contributed by atoms with E-state index in [-0.39, 0.29) is 18.1 Å². The third kappa shape index (κ3) is 4.39. The quantitative estimate of drug-likeness (QED) is 0.687. The van der Waals surface area contributed by atoms with Crippen molar-refractivity contribution in [1.29, 1.82) is 0 Å². The van der Waals surface area contributed by atoms with Crippen LogP contribution in [0.15, 0.2) is 47.0 Å². The predicted octanol–water partition coefficient (Wildman–Crippen LogP) is 3.70.